The number of benzene rings is 1. The molecule has 6 heteroatoms. The molecule has 1 aliphatic rings. The molecule has 0 aromatic heterocycles. The SMILES string of the molecule is CNCC1CCN(S(=O)(=O)c2cc(C)c(OC)cc2C)C1. The van der Waals surface area contributed by atoms with Crippen molar-refractivity contribution in [2.75, 3.05) is 33.8 Å². The first kappa shape index (κ1) is 16.3. The molecule has 1 aliphatic heterocycles. The van der Waals surface area contributed by atoms with Crippen molar-refractivity contribution in [3.8, 4) is 5.75 Å². The van der Waals surface area contributed by atoms with Gasteiger partial charge in [0.1, 0.15) is 5.75 Å². The maximum absolute atomic E-state index is 12.8. The molecule has 0 saturated carbocycles. The third kappa shape index (κ3) is 3.22. The van der Waals surface area contributed by atoms with E-state index in [1.165, 1.54) is 0 Å². The largest absolute Gasteiger partial charge is 0.496 e. The summed E-state index contributed by atoms with van der Waals surface area (Å²) >= 11 is 0. The predicted octanol–water partition coefficient (Wildman–Crippen LogP) is 1.54. The first-order chi connectivity index (χ1) is 9.90. The van der Waals surface area contributed by atoms with Crippen LogP contribution in [0.2, 0.25) is 0 Å². The van der Waals surface area contributed by atoms with E-state index in [9.17, 15) is 8.42 Å². The minimum Gasteiger partial charge on any atom is -0.496 e. The molecule has 1 aromatic rings. The second-order valence-electron chi connectivity index (χ2n) is 5.66. The van der Waals surface area contributed by atoms with Gasteiger partial charge in [-0.05, 0) is 63.0 Å². The van der Waals surface area contributed by atoms with Crippen LogP contribution < -0.4 is 10.1 Å². The molecule has 1 atom stereocenters. The summed E-state index contributed by atoms with van der Waals surface area (Å²) in [4.78, 5) is 0.394. The Morgan fingerprint density at radius 1 is 1.33 bits per heavy atom. The van der Waals surface area contributed by atoms with Gasteiger partial charge in [-0.3, -0.25) is 0 Å². The number of nitrogens with one attached hydrogen (secondary N) is 1. The van der Waals surface area contributed by atoms with E-state index in [2.05, 4.69) is 5.32 Å². The monoisotopic (exact) mass is 312 g/mol. The molecule has 0 amide bonds. The van der Waals surface area contributed by atoms with Crippen LogP contribution in [0, 0.1) is 19.8 Å². The van der Waals surface area contributed by atoms with Gasteiger partial charge >= 0.3 is 0 Å². The van der Waals surface area contributed by atoms with E-state index in [1.807, 2.05) is 20.9 Å². The molecule has 0 radical (unpaired) electrons. The Hall–Kier alpha value is -1.11. The number of rotatable bonds is 5. The van der Waals surface area contributed by atoms with Crippen LogP contribution in [-0.2, 0) is 10.0 Å². The Morgan fingerprint density at radius 2 is 2.05 bits per heavy atom. The van der Waals surface area contributed by atoms with Gasteiger partial charge in [-0.2, -0.15) is 4.31 Å². The highest BCUT2D eigenvalue weighted by Gasteiger charge is 2.33. The smallest absolute Gasteiger partial charge is 0.243 e. The number of hydrogen-bond acceptors (Lipinski definition) is 4. The standard InChI is InChI=1S/C15H24N2O3S/c1-11-8-15(12(2)7-14(11)20-4)21(18,19)17-6-5-13(10-17)9-16-3/h7-8,13,16H,5-6,9-10H2,1-4H3. The minimum absolute atomic E-state index is 0.393. The molecule has 118 valence electrons. The highest BCUT2D eigenvalue weighted by atomic mass is 32.2. The second kappa shape index (κ2) is 6.34. The number of aryl methyl sites for hydroxylation is 2. The summed E-state index contributed by atoms with van der Waals surface area (Å²) in [6.45, 7) is 5.72. The molecular formula is C15H24N2O3S. The van der Waals surface area contributed by atoms with Crippen molar-refractivity contribution in [2.24, 2.45) is 5.92 Å². The summed E-state index contributed by atoms with van der Waals surface area (Å²) < 4.78 is 32.5. The Bertz CT molecular complexity index is 614. The fourth-order valence-electron chi connectivity index (χ4n) is 2.87. The van der Waals surface area contributed by atoms with Gasteiger partial charge in [-0.15, -0.1) is 0 Å². The fourth-order valence-corrected chi connectivity index (χ4v) is 4.69. The maximum Gasteiger partial charge on any atom is 0.243 e. The zero-order valence-electron chi connectivity index (χ0n) is 13.1. The van der Waals surface area contributed by atoms with Crippen molar-refractivity contribution in [2.45, 2.75) is 25.2 Å². The van der Waals surface area contributed by atoms with Crippen molar-refractivity contribution < 1.29 is 13.2 Å². The van der Waals surface area contributed by atoms with Crippen LogP contribution in [0.3, 0.4) is 0 Å². The van der Waals surface area contributed by atoms with Gasteiger partial charge in [-0.1, -0.05) is 0 Å². The van der Waals surface area contributed by atoms with E-state index >= 15 is 0 Å². The van der Waals surface area contributed by atoms with Crippen molar-refractivity contribution in [1.29, 1.82) is 0 Å². The molecule has 5 nitrogen and oxygen atoms in total. The number of nitrogens with zero attached hydrogens (tertiary/aromatic N) is 1. The maximum atomic E-state index is 12.8. The summed E-state index contributed by atoms with van der Waals surface area (Å²) in [6.07, 6.45) is 0.911. The van der Waals surface area contributed by atoms with Gasteiger partial charge in [0.25, 0.3) is 0 Å². The lowest BCUT2D eigenvalue weighted by Crippen LogP contribution is -2.31. The Kier molecular flexibility index (Phi) is 4.91. The molecule has 1 fully saturated rings. The highest BCUT2D eigenvalue weighted by molar-refractivity contribution is 7.89. The minimum atomic E-state index is -3.42. The van der Waals surface area contributed by atoms with E-state index in [-0.39, 0.29) is 0 Å². The first-order valence-electron chi connectivity index (χ1n) is 7.20. The van der Waals surface area contributed by atoms with Crippen molar-refractivity contribution in [1.82, 2.24) is 9.62 Å². The second-order valence-corrected chi connectivity index (χ2v) is 7.57. The fraction of sp³-hybridized carbons (Fsp3) is 0.600. The summed E-state index contributed by atoms with van der Waals surface area (Å²) in [5.74, 6) is 1.12. The molecule has 1 saturated heterocycles. The molecule has 21 heavy (non-hydrogen) atoms. The predicted molar refractivity (Wildman–Crippen MR) is 83.3 cm³/mol. The lowest BCUT2D eigenvalue weighted by molar-refractivity contribution is 0.410. The van der Waals surface area contributed by atoms with Gasteiger partial charge in [0.15, 0.2) is 0 Å². The van der Waals surface area contributed by atoms with Gasteiger partial charge in [0, 0.05) is 13.1 Å². The molecule has 0 spiro atoms. The van der Waals surface area contributed by atoms with Crippen molar-refractivity contribution >= 4 is 10.0 Å². The van der Waals surface area contributed by atoms with Crippen LogP contribution in [0.15, 0.2) is 17.0 Å². The summed E-state index contributed by atoms with van der Waals surface area (Å²) in [5.41, 5.74) is 1.57. The van der Waals surface area contributed by atoms with Crippen molar-refractivity contribution in [3.05, 3.63) is 23.3 Å². The van der Waals surface area contributed by atoms with Crippen LogP contribution in [0.5, 0.6) is 5.75 Å². The molecular weight excluding hydrogens is 288 g/mol. The zero-order valence-corrected chi connectivity index (χ0v) is 14.0. The molecule has 0 bridgehead atoms. The topological polar surface area (TPSA) is 58.6 Å². The van der Waals surface area contributed by atoms with E-state index in [0.29, 0.717) is 23.9 Å². The quantitative estimate of drug-likeness (QED) is 0.896. The van der Waals surface area contributed by atoms with Gasteiger partial charge in [0.2, 0.25) is 10.0 Å². The van der Waals surface area contributed by atoms with Gasteiger partial charge < -0.3 is 10.1 Å². The Balaban J connectivity index is 2.30. The summed E-state index contributed by atoms with van der Waals surface area (Å²) in [7, 11) is 0.0749. The van der Waals surface area contributed by atoms with E-state index < -0.39 is 10.0 Å². The van der Waals surface area contributed by atoms with Crippen LogP contribution in [0.25, 0.3) is 0 Å². The number of hydrogen-bond donors (Lipinski definition) is 1. The number of methoxy groups -OCH3 is 1. The number of sulfonamides is 1. The van der Waals surface area contributed by atoms with E-state index in [0.717, 1.165) is 29.8 Å². The van der Waals surface area contributed by atoms with E-state index in [4.69, 9.17) is 4.74 Å². The van der Waals surface area contributed by atoms with E-state index in [1.54, 1.807) is 23.5 Å². The third-order valence-corrected chi connectivity index (χ3v) is 6.06. The van der Waals surface area contributed by atoms with Gasteiger partial charge in [-0.25, -0.2) is 8.42 Å². The average molecular weight is 312 g/mol. The van der Waals surface area contributed by atoms with Crippen LogP contribution in [-0.4, -0.2) is 46.5 Å². The Labute approximate surface area is 127 Å². The summed E-state index contributed by atoms with van der Waals surface area (Å²) in [6, 6.07) is 3.51. The molecule has 1 unspecified atom stereocenters. The molecule has 0 aliphatic carbocycles. The van der Waals surface area contributed by atoms with Crippen LogP contribution >= 0.6 is 0 Å². The van der Waals surface area contributed by atoms with Crippen LogP contribution in [0.1, 0.15) is 17.5 Å². The normalized spacial score (nSPS) is 19.9. The lowest BCUT2D eigenvalue weighted by atomic mass is 10.1. The Morgan fingerprint density at radius 3 is 2.67 bits per heavy atom. The lowest BCUT2D eigenvalue weighted by Gasteiger charge is -2.19. The summed E-state index contributed by atoms with van der Waals surface area (Å²) in [5, 5.41) is 3.12. The molecule has 1 N–H and O–H groups in total. The van der Waals surface area contributed by atoms with Crippen LogP contribution in [0.4, 0.5) is 0 Å². The first-order valence-corrected chi connectivity index (χ1v) is 8.64. The molecule has 2 rings (SSSR count). The molecule has 1 aromatic carbocycles. The molecule has 1 heterocycles. The van der Waals surface area contributed by atoms with Crippen molar-refractivity contribution in [3.63, 3.8) is 0 Å². The average Bonchev–Trinajstić information content (AvgIpc) is 2.90. The number of ether oxygens (including phenoxy) is 1. The highest BCUT2D eigenvalue weighted by Crippen LogP contribution is 2.30. The van der Waals surface area contributed by atoms with Gasteiger partial charge in [0.05, 0.1) is 12.0 Å². The third-order valence-electron chi connectivity index (χ3n) is 4.05. The zero-order chi connectivity index (χ0) is 15.6.